The smallest absolute Gasteiger partial charge is 0.248 e. The zero-order valence-corrected chi connectivity index (χ0v) is 21.1. The molecule has 0 spiro atoms. The Morgan fingerprint density at radius 2 is 1.20 bits per heavy atom. The molecule has 0 atom stereocenters. The van der Waals surface area contributed by atoms with Crippen LogP contribution in [0, 0.1) is 0 Å². The number of nitrogens with zero attached hydrogens (tertiary/aromatic N) is 1. The summed E-state index contributed by atoms with van der Waals surface area (Å²) < 4.78 is 5.21. The van der Waals surface area contributed by atoms with E-state index in [1.54, 1.807) is 7.11 Å². The summed E-state index contributed by atoms with van der Waals surface area (Å²) in [5.74, 6) is 0.911. The predicted molar refractivity (Wildman–Crippen MR) is 133 cm³/mol. The van der Waals surface area contributed by atoms with Crippen molar-refractivity contribution in [1.29, 1.82) is 0 Å². The molecule has 30 heavy (non-hydrogen) atoms. The molecule has 2 aliphatic rings. The number of hydrogen-bond donors (Lipinski definition) is 1. The lowest BCUT2D eigenvalue weighted by Gasteiger charge is -2.53. The molecular formula is C25H44B2N2O. The van der Waals surface area contributed by atoms with Crippen LogP contribution >= 0.6 is 0 Å². The first-order valence-corrected chi connectivity index (χ1v) is 11.3. The van der Waals surface area contributed by atoms with Crippen LogP contribution in [-0.2, 0) is 0 Å². The maximum Gasteiger partial charge on any atom is 0.248 e. The summed E-state index contributed by atoms with van der Waals surface area (Å²) in [5, 5.41) is 3.63. The lowest BCUT2D eigenvalue weighted by Crippen LogP contribution is -2.62. The second-order valence-electron chi connectivity index (χ2n) is 11.5. The molecule has 4 radical (unpaired) electrons. The van der Waals surface area contributed by atoms with Crippen molar-refractivity contribution in [2.45, 2.75) is 116 Å². The van der Waals surface area contributed by atoms with Crippen molar-refractivity contribution >= 4 is 21.3 Å². The van der Waals surface area contributed by atoms with Crippen molar-refractivity contribution in [2.24, 2.45) is 0 Å². The number of rotatable bonds is 3. The Balaban J connectivity index is 0.000000348. The first kappa shape index (κ1) is 27.1. The summed E-state index contributed by atoms with van der Waals surface area (Å²) in [4.78, 5) is 2.53. The Morgan fingerprint density at radius 3 is 1.57 bits per heavy atom. The molecule has 0 bridgehead atoms. The highest BCUT2D eigenvalue weighted by Gasteiger charge is 2.40. The zero-order chi connectivity index (χ0) is 21.9. The van der Waals surface area contributed by atoms with Gasteiger partial charge in [-0.25, -0.2) is 0 Å². The SMILES string of the molecule is CC1(C)CCCC(C)(C)N1.COc1ccc([B]N2C(C)(C)CCCC2(C)C)cc1.[B]. The normalized spacial score (nSPS) is 23.9. The van der Waals surface area contributed by atoms with Crippen molar-refractivity contribution < 1.29 is 4.74 Å². The van der Waals surface area contributed by atoms with Gasteiger partial charge in [-0.05, 0) is 106 Å². The highest BCUT2D eigenvalue weighted by Crippen LogP contribution is 2.37. The van der Waals surface area contributed by atoms with Crippen molar-refractivity contribution in [2.75, 3.05) is 7.11 Å². The van der Waals surface area contributed by atoms with E-state index < -0.39 is 0 Å². The van der Waals surface area contributed by atoms with E-state index in [1.807, 2.05) is 12.1 Å². The van der Waals surface area contributed by atoms with Gasteiger partial charge in [-0.2, -0.15) is 0 Å². The predicted octanol–water partition coefficient (Wildman–Crippen LogP) is 4.92. The minimum Gasteiger partial charge on any atom is -0.497 e. The van der Waals surface area contributed by atoms with Crippen molar-refractivity contribution in [3.05, 3.63) is 24.3 Å². The molecule has 0 aromatic heterocycles. The second kappa shape index (κ2) is 10.1. The summed E-state index contributed by atoms with van der Waals surface area (Å²) in [5.41, 5.74) is 2.41. The summed E-state index contributed by atoms with van der Waals surface area (Å²) in [6.45, 7) is 18.5. The Kier molecular flexibility index (Phi) is 9.15. The zero-order valence-electron chi connectivity index (χ0n) is 21.1. The molecular weight excluding hydrogens is 366 g/mol. The van der Waals surface area contributed by atoms with Crippen molar-refractivity contribution in [3.63, 3.8) is 0 Å². The Hall–Kier alpha value is -0.930. The van der Waals surface area contributed by atoms with Gasteiger partial charge in [-0.3, -0.25) is 0 Å². The van der Waals surface area contributed by atoms with E-state index in [-0.39, 0.29) is 19.5 Å². The summed E-state index contributed by atoms with van der Waals surface area (Å²) in [7, 11) is 4.01. The number of nitrogens with one attached hydrogen (secondary N) is 1. The minimum absolute atomic E-state index is 0. The molecule has 0 unspecified atom stereocenters. The molecule has 1 aromatic rings. The van der Waals surface area contributed by atoms with E-state index >= 15 is 0 Å². The fourth-order valence-electron chi connectivity index (χ4n) is 5.22. The largest absolute Gasteiger partial charge is 0.497 e. The summed E-state index contributed by atoms with van der Waals surface area (Å²) in [6, 6.07) is 8.30. The average molecular weight is 410 g/mol. The van der Waals surface area contributed by atoms with Gasteiger partial charge in [0.15, 0.2) is 0 Å². The molecule has 1 N–H and O–H groups in total. The van der Waals surface area contributed by atoms with Gasteiger partial charge >= 0.3 is 0 Å². The number of ether oxygens (including phenoxy) is 1. The lowest BCUT2D eigenvalue weighted by molar-refractivity contribution is 0.0550. The minimum atomic E-state index is 0. The van der Waals surface area contributed by atoms with Crippen LogP contribution in [-0.4, -0.2) is 49.9 Å². The molecule has 2 aliphatic heterocycles. The van der Waals surface area contributed by atoms with E-state index in [9.17, 15) is 0 Å². The van der Waals surface area contributed by atoms with Crippen LogP contribution in [0.25, 0.3) is 0 Å². The Labute approximate surface area is 189 Å². The van der Waals surface area contributed by atoms with E-state index in [0.717, 1.165) is 5.75 Å². The molecule has 5 heteroatoms. The number of benzene rings is 1. The van der Waals surface area contributed by atoms with E-state index in [1.165, 1.54) is 44.0 Å². The average Bonchev–Trinajstić information content (AvgIpc) is 2.57. The first-order chi connectivity index (χ1) is 13.3. The Morgan fingerprint density at radius 1 is 0.767 bits per heavy atom. The van der Waals surface area contributed by atoms with Gasteiger partial charge in [0.25, 0.3) is 0 Å². The van der Waals surface area contributed by atoms with Crippen LogP contribution in [0.15, 0.2) is 24.3 Å². The van der Waals surface area contributed by atoms with Crippen LogP contribution < -0.4 is 15.5 Å². The quantitative estimate of drug-likeness (QED) is 0.717. The van der Waals surface area contributed by atoms with E-state index in [0.29, 0.717) is 11.1 Å². The van der Waals surface area contributed by atoms with Crippen molar-refractivity contribution in [3.8, 4) is 5.75 Å². The monoisotopic (exact) mass is 410 g/mol. The molecule has 1 aromatic carbocycles. The van der Waals surface area contributed by atoms with Crippen molar-refractivity contribution in [1.82, 2.24) is 10.1 Å². The van der Waals surface area contributed by atoms with Gasteiger partial charge in [0.05, 0.1) is 7.11 Å². The molecule has 166 valence electrons. The van der Waals surface area contributed by atoms with Crippen LogP contribution in [0.1, 0.15) is 93.9 Å². The number of hydrogen-bond acceptors (Lipinski definition) is 3. The maximum absolute atomic E-state index is 5.21. The van der Waals surface area contributed by atoms with Gasteiger partial charge in [-0.1, -0.05) is 17.6 Å². The first-order valence-electron chi connectivity index (χ1n) is 11.3. The fourth-order valence-corrected chi connectivity index (χ4v) is 5.22. The van der Waals surface area contributed by atoms with Gasteiger partial charge in [-0.15, -0.1) is 0 Å². The second-order valence-corrected chi connectivity index (χ2v) is 11.5. The van der Waals surface area contributed by atoms with Crippen LogP contribution in [0.4, 0.5) is 0 Å². The van der Waals surface area contributed by atoms with Gasteiger partial charge in [0.1, 0.15) is 5.75 Å². The molecule has 2 saturated heterocycles. The fraction of sp³-hybridized carbons (Fsp3) is 0.760. The third-order valence-electron chi connectivity index (χ3n) is 6.56. The Bertz CT molecular complexity index is 624. The molecule has 0 amide bonds. The standard InChI is InChI=1S/C16H25BNO.C9H19N.B/c1-15(2)11-6-12-16(3,4)18(15)17-13-7-9-14(19-5)10-8-13;1-8(2)6-5-7-9(3,4)10-8;/h7-10H,6,11-12H2,1-5H3;10H,5-7H2,1-4H3;. The van der Waals surface area contributed by atoms with E-state index in [2.05, 4.69) is 85.1 Å². The molecule has 3 rings (SSSR count). The molecule has 2 fully saturated rings. The van der Waals surface area contributed by atoms with Crippen LogP contribution in [0.2, 0.25) is 0 Å². The molecule has 2 heterocycles. The maximum atomic E-state index is 5.21. The summed E-state index contributed by atoms with van der Waals surface area (Å²) in [6.07, 6.45) is 7.82. The molecule has 3 nitrogen and oxygen atoms in total. The number of methoxy groups -OCH3 is 1. The highest BCUT2D eigenvalue weighted by molar-refractivity contribution is 6.51. The molecule has 0 saturated carbocycles. The molecule has 0 aliphatic carbocycles. The van der Waals surface area contributed by atoms with E-state index in [4.69, 9.17) is 4.74 Å². The van der Waals surface area contributed by atoms with Crippen LogP contribution in [0.3, 0.4) is 0 Å². The topological polar surface area (TPSA) is 24.5 Å². The number of piperidine rings is 2. The lowest BCUT2D eigenvalue weighted by atomic mass is 9.67. The van der Waals surface area contributed by atoms with Crippen LogP contribution in [0.5, 0.6) is 5.75 Å². The van der Waals surface area contributed by atoms with Gasteiger partial charge in [0.2, 0.25) is 7.41 Å². The summed E-state index contributed by atoms with van der Waals surface area (Å²) >= 11 is 0. The highest BCUT2D eigenvalue weighted by atomic mass is 16.5. The third kappa shape index (κ3) is 7.64. The van der Waals surface area contributed by atoms with Gasteiger partial charge in [0, 0.05) is 30.6 Å². The third-order valence-corrected chi connectivity index (χ3v) is 6.56. The van der Waals surface area contributed by atoms with Gasteiger partial charge < -0.3 is 14.9 Å².